The van der Waals surface area contributed by atoms with Crippen molar-refractivity contribution >= 4 is 45.9 Å². The van der Waals surface area contributed by atoms with E-state index in [4.69, 9.17) is 9.72 Å². The number of aromatic amines is 1. The Morgan fingerprint density at radius 2 is 1.62 bits per heavy atom. The van der Waals surface area contributed by atoms with E-state index < -0.39 is 41.5 Å². The lowest BCUT2D eigenvalue weighted by Gasteiger charge is -2.32. The number of imidazole rings is 1. The fourth-order valence-corrected chi connectivity index (χ4v) is 8.02. The van der Waals surface area contributed by atoms with E-state index >= 15 is 0 Å². The van der Waals surface area contributed by atoms with Crippen molar-refractivity contribution in [3.05, 3.63) is 53.6 Å². The number of fused-ring (bicyclic) bond motifs is 2. The largest absolute Gasteiger partial charge is 0.465 e. The maximum absolute atomic E-state index is 14.7. The summed E-state index contributed by atoms with van der Waals surface area (Å²) in [5, 5.41) is 15.2. The Morgan fingerprint density at radius 3 is 2.27 bits per heavy atom. The first-order valence-corrected chi connectivity index (χ1v) is 19.1. The molecule has 0 spiro atoms. The number of halogens is 2. The molecule has 4 N–H and O–H groups in total. The number of carbonyl (C=O) groups is 4. The quantitative estimate of drug-likeness (QED) is 0.134. The molecule has 0 bridgehead atoms. The lowest BCUT2D eigenvalue weighted by molar-refractivity contribution is -0.136. The normalized spacial score (nSPS) is 18.6. The number of likely N-dealkylation sites (tertiary alicyclic amines) is 2. The lowest BCUT2D eigenvalue weighted by atomic mass is 9.99. The van der Waals surface area contributed by atoms with Crippen LogP contribution in [0.2, 0.25) is 0 Å². The molecule has 0 aliphatic carbocycles. The van der Waals surface area contributed by atoms with Crippen LogP contribution >= 0.6 is 0 Å². The number of carboxylic acid groups (broad SMARTS) is 1. The number of nitrogens with one attached hydrogen (secondary N) is 3. The highest BCUT2D eigenvalue weighted by molar-refractivity contribution is 5.92. The van der Waals surface area contributed by atoms with Crippen LogP contribution in [0.25, 0.3) is 33.5 Å². The molecule has 4 amide bonds. The van der Waals surface area contributed by atoms with E-state index in [1.807, 2.05) is 18.4 Å². The Balaban J connectivity index is 1.38. The van der Waals surface area contributed by atoms with Gasteiger partial charge in [-0.1, -0.05) is 20.8 Å². The molecule has 2 aliphatic rings. The van der Waals surface area contributed by atoms with E-state index in [0.29, 0.717) is 73.4 Å². The standard InChI is InChI=1S/C40H51F2N7O6/c1-7-29(45-38(52)53)36(50)47-16-8-10-25(47)20-28-27-14-12-23(41)18-30(27)43-34(28)35-44-31-19-24(42)13-15-32(31)49(35)21-26-11-9-17-48(26)37(51)33(22(2)3)46-39(54)55-40(4,5)6/h12-15,18-19,22,25-26,29,33,43,45H,7-11,16-17,20-21H2,1-6H3,(H,46,54)(H,52,53)/t25-,26-,29?,33?/m0/s1. The summed E-state index contributed by atoms with van der Waals surface area (Å²) in [6.07, 6.45) is 1.55. The van der Waals surface area contributed by atoms with Gasteiger partial charge in [-0.3, -0.25) is 9.59 Å². The topological polar surface area (TPSA) is 162 Å². The first kappa shape index (κ1) is 39.5. The first-order valence-electron chi connectivity index (χ1n) is 19.1. The van der Waals surface area contributed by atoms with Gasteiger partial charge < -0.3 is 39.8 Å². The number of H-pyrrole nitrogens is 1. The number of nitrogens with zero attached hydrogens (tertiary/aromatic N) is 4. The number of benzene rings is 2. The number of rotatable bonds is 11. The molecular weight excluding hydrogens is 712 g/mol. The maximum Gasteiger partial charge on any atom is 0.408 e. The van der Waals surface area contributed by atoms with Gasteiger partial charge in [0.2, 0.25) is 11.8 Å². The van der Waals surface area contributed by atoms with Gasteiger partial charge in [0, 0.05) is 48.7 Å². The van der Waals surface area contributed by atoms with Crippen molar-refractivity contribution in [3.63, 3.8) is 0 Å². The van der Waals surface area contributed by atoms with Crippen molar-refractivity contribution in [3.8, 4) is 11.5 Å². The summed E-state index contributed by atoms with van der Waals surface area (Å²) in [7, 11) is 0. The molecule has 296 valence electrons. The lowest BCUT2D eigenvalue weighted by Crippen LogP contribution is -2.53. The highest BCUT2D eigenvalue weighted by atomic mass is 19.1. The molecule has 2 fully saturated rings. The van der Waals surface area contributed by atoms with Gasteiger partial charge in [-0.05, 0) is 101 Å². The van der Waals surface area contributed by atoms with E-state index in [1.165, 1.54) is 24.3 Å². The highest BCUT2D eigenvalue weighted by Crippen LogP contribution is 2.37. The smallest absolute Gasteiger partial charge is 0.408 e. The minimum absolute atomic E-state index is 0.224. The molecule has 0 radical (unpaired) electrons. The van der Waals surface area contributed by atoms with E-state index in [2.05, 4.69) is 15.6 Å². The number of amides is 4. The van der Waals surface area contributed by atoms with Gasteiger partial charge in [0.05, 0.1) is 16.7 Å². The monoisotopic (exact) mass is 763 g/mol. The van der Waals surface area contributed by atoms with E-state index in [1.54, 1.807) is 49.6 Å². The van der Waals surface area contributed by atoms with Crippen LogP contribution in [-0.4, -0.2) is 96.3 Å². The van der Waals surface area contributed by atoms with Gasteiger partial charge in [0.1, 0.15) is 29.3 Å². The average molecular weight is 764 g/mol. The maximum atomic E-state index is 14.7. The van der Waals surface area contributed by atoms with E-state index in [9.17, 15) is 33.1 Å². The zero-order valence-electron chi connectivity index (χ0n) is 32.2. The summed E-state index contributed by atoms with van der Waals surface area (Å²) in [6, 6.07) is 6.55. The van der Waals surface area contributed by atoms with Crippen molar-refractivity contribution in [1.29, 1.82) is 0 Å². The van der Waals surface area contributed by atoms with Crippen LogP contribution in [0.1, 0.15) is 79.2 Å². The van der Waals surface area contributed by atoms with Crippen LogP contribution in [0.15, 0.2) is 36.4 Å². The van der Waals surface area contributed by atoms with Gasteiger partial charge in [0.15, 0.2) is 5.82 Å². The summed E-state index contributed by atoms with van der Waals surface area (Å²) >= 11 is 0. The molecule has 0 saturated carbocycles. The molecular formula is C40H51F2N7O6. The number of ether oxygens (including phenoxy) is 1. The Morgan fingerprint density at radius 1 is 0.964 bits per heavy atom. The van der Waals surface area contributed by atoms with Gasteiger partial charge in [0.25, 0.3) is 0 Å². The minimum Gasteiger partial charge on any atom is -0.465 e. The molecule has 15 heteroatoms. The SMILES string of the molecule is CCC(NC(=O)O)C(=O)N1CCC[C@H]1Cc1c(-c2nc3cc(F)ccc3n2C[C@@H]2CCCN2C(=O)C(NC(=O)OC(C)(C)C)C(C)C)[nH]c2cc(F)ccc12. The number of hydrogen-bond donors (Lipinski definition) is 4. The number of carbonyl (C=O) groups excluding carboxylic acids is 3. The van der Waals surface area contributed by atoms with E-state index in [0.717, 1.165) is 23.8 Å². The van der Waals surface area contributed by atoms with Crippen molar-refractivity contribution < 1.29 is 37.8 Å². The second-order valence-corrected chi connectivity index (χ2v) is 16.0. The molecule has 2 aromatic carbocycles. The zero-order chi connectivity index (χ0) is 39.8. The Hall–Kier alpha value is -5.21. The average Bonchev–Trinajstić information content (AvgIpc) is 3.90. The van der Waals surface area contributed by atoms with Crippen molar-refractivity contribution in [2.45, 2.75) is 116 Å². The van der Waals surface area contributed by atoms with Gasteiger partial charge in [-0.2, -0.15) is 0 Å². The molecule has 55 heavy (non-hydrogen) atoms. The van der Waals surface area contributed by atoms with Crippen LogP contribution in [-0.2, 0) is 27.3 Å². The molecule has 2 aromatic heterocycles. The third-order valence-corrected chi connectivity index (χ3v) is 10.6. The predicted molar refractivity (Wildman–Crippen MR) is 203 cm³/mol. The Kier molecular flexibility index (Phi) is 11.4. The van der Waals surface area contributed by atoms with E-state index in [-0.39, 0.29) is 29.8 Å². The van der Waals surface area contributed by atoms with Crippen LogP contribution < -0.4 is 10.6 Å². The molecule has 2 saturated heterocycles. The summed E-state index contributed by atoms with van der Waals surface area (Å²) < 4.78 is 36.8. The Bertz CT molecular complexity index is 2090. The van der Waals surface area contributed by atoms with Crippen molar-refractivity contribution in [2.24, 2.45) is 5.92 Å². The predicted octanol–water partition coefficient (Wildman–Crippen LogP) is 6.58. The summed E-state index contributed by atoms with van der Waals surface area (Å²) in [5.41, 5.74) is 2.19. The molecule has 4 atom stereocenters. The van der Waals surface area contributed by atoms with Crippen molar-refractivity contribution in [1.82, 2.24) is 35.0 Å². The second kappa shape index (κ2) is 15.9. The van der Waals surface area contributed by atoms with Gasteiger partial charge in [-0.15, -0.1) is 0 Å². The van der Waals surface area contributed by atoms with Gasteiger partial charge >= 0.3 is 12.2 Å². The fourth-order valence-electron chi connectivity index (χ4n) is 8.02. The number of aromatic nitrogens is 3. The molecule has 4 aromatic rings. The highest BCUT2D eigenvalue weighted by Gasteiger charge is 2.38. The summed E-state index contributed by atoms with van der Waals surface area (Å²) in [4.78, 5) is 63.9. The summed E-state index contributed by atoms with van der Waals surface area (Å²) in [6.45, 7) is 12.0. The second-order valence-electron chi connectivity index (χ2n) is 16.0. The van der Waals surface area contributed by atoms with Crippen molar-refractivity contribution in [2.75, 3.05) is 13.1 Å². The fraction of sp³-hybridized carbons (Fsp3) is 0.525. The van der Waals surface area contributed by atoms with Crippen LogP contribution in [0.4, 0.5) is 18.4 Å². The molecule has 2 aliphatic heterocycles. The summed E-state index contributed by atoms with van der Waals surface area (Å²) in [5.74, 6) is -1.18. The minimum atomic E-state index is -1.27. The van der Waals surface area contributed by atoms with Crippen LogP contribution in [0.3, 0.4) is 0 Å². The number of alkyl carbamates (subject to hydrolysis) is 1. The third kappa shape index (κ3) is 8.55. The number of hydrogen-bond acceptors (Lipinski definition) is 6. The van der Waals surface area contributed by atoms with Gasteiger partial charge in [-0.25, -0.2) is 23.4 Å². The molecule has 6 rings (SSSR count). The third-order valence-electron chi connectivity index (χ3n) is 10.6. The van der Waals surface area contributed by atoms with Crippen LogP contribution in [0, 0.1) is 17.6 Å². The molecule has 4 heterocycles. The molecule has 13 nitrogen and oxygen atoms in total. The molecule has 2 unspecified atom stereocenters. The Labute approximate surface area is 318 Å². The van der Waals surface area contributed by atoms with Crippen LogP contribution in [0.5, 0.6) is 0 Å². The first-order chi connectivity index (χ1) is 26.0. The zero-order valence-corrected chi connectivity index (χ0v) is 32.2.